The van der Waals surface area contributed by atoms with E-state index in [1.165, 1.54) is 11.1 Å². The van der Waals surface area contributed by atoms with Crippen molar-refractivity contribution < 1.29 is 5.11 Å². The first-order valence-corrected chi connectivity index (χ1v) is 5.59. The van der Waals surface area contributed by atoms with Gasteiger partial charge in [0.15, 0.2) is 0 Å². The molecule has 2 atom stereocenters. The number of nitrogens with zero attached hydrogens (tertiary/aromatic N) is 2. The SMILES string of the molecule is CC1c2ccc(C#N)cc2C(C)N1CCO. The molecule has 1 aromatic rings. The van der Waals surface area contributed by atoms with Gasteiger partial charge in [-0.1, -0.05) is 6.07 Å². The van der Waals surface area contributed by atoms with Crippen molar-refractivity contribution in [3.8, 4) is 6.07 Å². The number of aliphatic hydroxyl groups excluding tert-OH is 1. The van der Waals surface area contributed by atoms with Crippen LogP contribution in [0.25, 0.3) is 0 Å². The molecule has 16 heavy (non-hydrogen) atoms. The van der Waals surface area contributed by atoms with Crippen molar-refractivity contribution in [1.82, 2.24) is 4.90 Å². The molecule has 2 rings (SSSR count). The number of β-amino-alcohol motifs (C(OH)–C–C–N with tert-alkyl or cyclic N) is 1. The highest BCUT2D eigenvalue weighted by Gasteiger charge is 2.32. The first-order chi connectivity index (χ1) is 7.69. The van der Waals surface area contributed by atoms with Gasteiger partial charge in [0.1, 0.15) is 0 Å². The molecular weight excluding hydrogens is 200 g/mol. The van der Waals surface area contributed by atoms with Gasteiger partial charge < -0.3 is 5.11 Å². The first kappa shape index (κ1) is 11.1. The molecule has 1 aliphatic rings. The molecule has 3 heteroatoms. The fraction of sp³-hybridized carbons (Fsp3) is 0.462. The zero-order valence-electron chi connectivity index (χ0n) is 9.64. The van der Waals surface area contributed by atoms with Crippen molar-refractivity contribution in [3.63, 3.8) is 0 Å². The Kier molecular flexibility index (Phi) is 2.95. The van der Waals surface area contributed by atoms with Gasteiger partial charge in [0.25, 0.3) is 0 Å². The Morgan fingerprint density at radius 2 is 2.00 bits per heavy atom. The highest BCUT2D eigenvalue weighted by Crippen LogP contribution is 2.41. The molecule has 0 aromatic heterocycles. The molecule has 1 aromatic carbocycles. The molecule has 0 bridgehead atoms. The van der Waals surface area contributed by atoms with Crippen LogP contribution in [0, 0.1) is 11.3 Å². The fourth-order valence-electron chi connectivity index (χ4n) is 2.58. The maximum Gasteiger partial charge on any atom is 0.0991 e. The largest absolute Gasteiger partial charge is 0.395 e. The van der Waals surface area contributed by atoms with E-state index in [0.717, 1.165) is 0 Å². The maximum absolute atomic E-state index is 9.05. The van der Waals surface area contributed by atoms with Gasteiger partial charge in [0, 0.05) is 18.6 Å². The van der Waals surface area contributed by atoms with Crippen molar-refractivity contribution >= 4 is 0 Å². The van der Waals surface area contributed by atoms with E-state index in [-0.39, 0.29) is 12.6 Å². The summed E-state index contributed by atoms with van der Waals surface area (Å²) in [5.74, 6) is 0. The molecule has 0 aliphatic carbocycles. The van der Waals surface area contributed by atoms with Gasteiger partial charge in [0.2, 0.25) is 0 Å². The molecule has 2 unspecified atom stereocenters. The van der Waals surface area contributed by atoms with Crippen LogP contribution in [0.5, 0.6) is 0 Å². The summed E-state index contributed by atoms with van der Waals surface area (Å²) in [6, 6.07) is 8.64. The molecular formula is C13H16N2O. The summed E-state index contributed by atoms with van der Waals surface area (Å²) in [6.07, 6.45) is 0. The first-order valence-electron chi connectivity index (χ1n) is 5.59. The Hall–Kier alpha value is -1.37. The predicted octanol–water partition coefficient (Wildman–Crippen LogP) is 1.99. The summed E-state index contributed by atoms with van der Waals surface area (Å²) in [6.45, 7) is 5.12. The van der Waals surface area contributed by atoms with Crippen molar-refractivity contribution in [2.24, 2.45) is 0 Å². The van der Waals surface area contributed by atoms with Gasteiger partial charge >= 0.3 is 0 Å². The summed E-state index contributed by atoms with van der Waals surface area (Å²) < 4.78 is 0. The predicted molar refractivity (Wildman–Crippen MR) is 61.8 cm³/mol. The Morgan fingerprint density at radius 1 is 1.31 bits per heavy atom. The minimum Gasteiger partial charge on any atom is -0.395 e. The van der Waals surface area contributed by atoms with Crippen LogP contribution in [-0.2, 0) is 0 Å². The molecule has 3 nitrogen and oxygen atoms in total. The number of nitriles is 1. The monoisotopic (exact) mass is 216 g/mol. The number of aliphatic hydroxyl groups is 1. The lowest BCUT2D eigenvalue weighted by molar-refractivity contribution is 0.139. The second kappa shape index (κ2) is 4.25. The summed E-state index contributed by atoms with van der Waals surface area (Å²) in [5.41, 5.74) is 3.21. The highest BCUT2D eigenvalue weighted by molar-refractivity contribution is 5.43. The zero-order valence-corrected chi connectivity index (χ0v) is 9.64. The average Bonchev–Trinajstić information content (AvgIpc) is 2.54. The van der Waals surface area contributed by atoms with Crippen LogP contribution in [0.1, 0.15) is 42.6 Å². The molecule has 0 saturated carbocycles. The smallest absolute Gasteiger partial charge is 0.0991 e. The van der Waals surface area contributed by atoms with Crippen LogP contribution in [-0.4, -0.2) is 23.2 Å². The molecule has 0 amide bonds. The lowest BCUT2D eigenvalue weighted by Crippen LogP contribution is -2.26. The van der Waals surface area contributed by atoms with E-state index in [1.807, 2.05) is 18.2 Å². The van der Waals surface area contributed by atoms with Gasteiger partial charge in [-0.3, -0.25) is 4.90 Å². The summed E-state index contributed by atoms with van der Waals surface area (Å²) in [7, 11) is 0. The van der Waals surface area contributed by atoms with Gasteiger partial charge in [0.05, 0.1) is 18.2 Å². The summed E-state index contributed by atoms with van der Waals surface area (Å²) >= 11 is 0. The average molecular weight is 216 g/mol. The number of hydrogen-bond acceptors (Lipinski definition) is 3. The number of hydrogen-bond donors (Lipinski definition) is 1. The standard InChI is InChI=1S/C13H16N2O/c1-9-12-4-3-11(8-14)7-13(12)10(2)15(9)5-6-16/h3-4,7,9-10,16H,5-6H2,1-2H3. The molecule has 0 spiro atoms. The minimum absolute atomic E-state index is 0.174. The van der Waals surface area contributed by atoms with Crippen molar-refractivity contribution in [1.29, 1.82) is 5.26 Å². The van der Waals surface area contributed by atoms with E-state index in [4.69, 9.17) is 10.4 Å². The molecule has 84 valence electrons. The van der Waals surface area contributed by atoms with Crippen LogP contribution in [0.3, 0.4) is 0 Å². The fourth-order valence-corrected chi connectivity index (χ4v) is 2.58. The Bertz CT molecular complexity index is 436. The number of rotatable bonds is 2. The van der Waals surface area contributed by atoms with Crippen LogP contribution in [0.4, 0.5) is 0 Å². The second-order valence-corrected chi connectivity index (χ2v) is 4.27. The van der Waals surface area contributed by atoms with E-state index in [1.54, 1.807) is 0 Å². The normalized spacial score (nSPS) is 24.1. The van der Waals surface area contributed by atoms with Crippen molar-refractivity contribution in [3.05, 3.63) is 34.9 Å². The van der Waals surface area contributed by atoms with E-state index in [9.17, 15) is 0 Å². The van der Waals surface area contributed by atoms with Crippen molar-refractivity contribution in [2.45, 2.75) is 25.9 Å². The van der Waals surface area contributed by atoms with Gasteiger partial charge in [-0.2, -0.15) is 5.26 Å². The molecule has 0 saturated heterocycles. The quantitative estimate of drug-likeness (QED) is 0.822. The summed E-state index contributed by atoms with van der Waals surface area (Å²) in [4.78, 5) is 2.26. The Balaban J connectivity index is 2.39. The third kappa shape index (κ3) is 1.60. The van der Waals surface area contributed by atoms with Crippen LogP contribution >= 0.6 is 0 Å². The Labute approximate surface area is 95.9 Å². The van der Waals surface area contributed by atoms with Gasteiger partial charge in [-0.15, -0.1) is 0 Å². The van der Waals surface area contributed by atoms with E-state index < -0.39 is 0 Å². The zero-order chi connectivity index (χ0) is 11.7. The van der Waals surface area contributed by atoms with Crippen LogP contribution in [0.15, 0.2) is 18.2 Å². The molecule has 1 N–H and O–H groups in total. The van der Waals surface area contributed by atoms with Crippen LogP contribution < -0.4 is 0 Å². The van der Waals surface area contributed by atoms with Gasteiger partial charge in [-0.25, -0.2) is 0 Å². The van der Waals surface area contributed by atoms with Gasteiger partial charge in [-0.05, 0) is 37.1 Å². The van der Waals surface area contributed by atoms with E-state index in [0.29, 0.717) is 18.2 Å². The van der Waals surface area contributed by atoms with Crippen LogP contribution in [0.2, 0.25) is 0 Å². The number of benzene rings is 1. The highest BCUT2D eigenvalue weighted by atomic mass is 16.3. The molecule has 0 radical (unpaired) electrons. The number of fused-ring (bicyclic) bond motifs is 1. The minimum atomic E-state index is 0.174. The Morgan fingerprint density at radius 3 is 2.62 bits per heavy atom. The van der Waals surface area contributed by atoms with E-state index >= 15 is 0 Å². The van der Waals surface area contributed by atoms with E-state index in [2.05, 4.69) is 24.8 Å². The second-order valence-electron chi connectivity index (χ2n) is 4.27. The molecule has 1 heterocycles. The molecule has 1 aliphatic heterocycles. The maximum atomic E-state index is 9.05. The third-order valence-corrected chi connectivity index (χ3v) is 3.47. The van der Waals surface area contributed by atoms with Crippen molar-refractivity contribution in [2.75, 3.05) is 13.2 Å². The molecule has 0 fully saturated rings. The third-order valence-electron chi connectivity index (χ3n) is 3.47. The lowest BCUT2D eigenvalue weighted by atomic mass is 10.0. The summed E-state index contributed by atoms with van der Waals surface area (Å²) in [5, 5.41) is 17.9. The lowest BCUT2D eigenvalue weighted by Gasteiger charge is -2.25. The topological polar surface area (TPSA) is 47.3 Å².